The lowest BCUT2D eigenvalue weighted by molar-refractivity contribution is -0.132. The van der Waals surface area contributed by atoms with Gasteiger partial charge in [-0.15, -0.1) is 0 Å². The van der Waals surface area contributed by atoms with Crippen molar-refractivity contribution >= 4 is 44.1 Å². The number of aromatic nitrogens is 1. The number of aliphatic hydroxyl groups is 1. The van der Waals surface area contributed by atoms with Crippen LogP contribution < -0.4 is 19.1 Å². The van der Waals surface area contributed by atoms with Gasteiger partial charge in [-0.2, -0.15) is 0 Å². The summed E-state index contributed by atoms with van der Waals surface area (Å²) >= 11 is 1.06. The summed E-state index contributed by atoms with van der Waals surface area (Å²) in [5, 5.41) is 11.4. The Morgan fingerprint density at radius 1 is 0.973 bits per heavy atom. The van der Waals surface area contributed by atoms with Gasteiger partial charge in [-0.1, -0.05) is 41.7 Å². The zero-order valence-electron chi connectivity index (χ0n) is 20.0. The van der Waals surface area contributed by atoms with E-state index in [1.165, 1.54) is 44.4 Å². The minimum Gasteiger partial charge on any atom is -0.507 e. The fourth-order valence-corrected chi connectivity index (χ4v) is 5.36. The normalized spacial score (nSPS) is 16.9. The summed E-state index contributed by atoms with van der Waals surface area (Å²) < 4.78 is 30.8. The number of rotatable bonds is 6. The lowest BCUT2D eigenvalue weighted by Gasteiger charge is -2.24. The van der Waals surface area contributed by atoms with E-state index in [1.54, 1.807) is 42.5 Å². The van der Waals surface area contributed by atoms with Crippen LogP contribution >= 0.6 is 11.3 Å². The molecule has 0 bridgehead atoms. The van der Waals surface area contributed by atoms with Crippen molar-refractivity contribution in [2.45, 2.75) is 6.04 Å². The number of hydrogen-bond acceptors (Lipinski definition) is 8. The van der Waals surface area contributed by atoms with Crippen molar-refractivity contribution in [3.8, 4) is 17.2 Å². The third kappa shape index (κ3) is 4.05. The Morgan fingerprint density at radius 2 is 1.65 bits per heavy atom. The molecular formula is C27H21FN2O6S. The second-order valence-corrected chi connectivity index (χ2v) is 9.11. The standard InChI is InChI=1S/C27H21FN2O6S/c1-34-18-11-15(12-19(35-2)25(18)36-3)22-21(23(31)14-7-5-4-6-8-14)24(32)26(33)30(22)27-29-17-10-9-16(28)13-20(17)37-27/h4-13,22,31H,1-3H3/b23-21+/t22-/m1/s1. The van der Waals surface area contributed by atoms with Crippen LogP contribution in [0.1, 0.15) is 17.2 Å². The van der Waals surface area contributed by atoms with E-state index in [4.69, 9.17) is 14.2 Å². The van der Waals surface area contributed by atoms with E-state index >= 15 is 0 Å². The predicted octanol–water partition coefficient (Wildman–Crippen LogP) is 5.09. The maximum Gasteiger partial charge on any atom is 0.301 e. The third-order valence-corrected chi connectivity index (χ3v) is 7.06. The third-order valence-electron chi connectivity index (χ3n) is 6.04. The van der Waals surface area contributed by atoms with E-state index in [-0.39, 0.29) is 16.5 Å². The van der Waals surface area contributed by atoms with E-state index in [1.807, 2.05) is 0 Å². The first-order chi connectivity index (χ1) is 17.9. The quantitative estimate of drug-likeness (QED) is 0.215. The summed E-state index contributed by atoms with van der Waals surface area (Å²) in [6.45, 7) is 0. The fourth-order valence-electron chi connectivity index (χ4n) is 4.35. The average Bonchev–Trinajstić information content (AvgIpc) is 3.45. The maximum absolute atomic E-state index is 13.9. The van der Waals surface area contributed by atoms with Gasteiger partial charge in [0.25, 0.3) is 5.78 Å². The molecule has 1 aromatic heterocycles. The predicted molar refractivity (Wildman–Crippen MR) is 137 cm³/mol. The molecular weight excluding hydrogens is 499 g/mol. The molecule has 1 N–H and O–H groups in total. The number of halogens is 1. The van der Waals surface area contributed by atoms with Crippen LogP contribution in [0.2, 0.25) is 0 Å². The van der Waals surface area contributed by atoms with Crippen LogP contribution in [0.5, 0.6) is 17.2 Å². The van der Waals surface area contributed by atoms with Crippen molar-refractivity contribution in [2.75, 3.05) is 26.2 Å². The van der Waals surface area contributed by atoms with Gasteiger partial charge in [0.05, 0.1) is 43.2 Å². The van der Waals surface area contributed by atoms with Crippen molar-refractivity contribution in [3.63, 3.8) is 0 Å². The van der Waals surface area contributed by atoms with Crippen LogP contribution in [0.4, 0.5) is 9.52 Å². The SMILES string of the molecule is COc1cc([C@@H]2/C(=C(\O)c3ccccc3)C(=O)C(=O)N2c2nc3ccc(F)cc3s2)cc(OC)c1OC. The van der Waals surface area contributed by atoms with Crippen molar-refractivity contribution in [1.29, 1.82) is 0 Å². The number of methoxy groups -OCH3 is 3. The monoisotopic (exact) mass is 520 g/mol. The summed E-state index contributed by atoms with van der Waals surface area (Å²) in [5.74, 6) is -1.63. The fraction of sp³-hybridized carbons (Fsp3) is 0.148. The highest BCUT2D eigenvalue weighted by Crippen LogP contribution is 2.48. The molecule has 1 fully saturated rings. The number of anilines is 1. The van der Waals surface area contributed by atoms with E-state index < -0.39 is 23.5 Å². The summed E-state index contributed by atoms with van der Waals surface area (Å²) in [5.41, 5.74) is 1.12. The van der Waals surface area contributed by atoms with E-state index in [0.717, 1.165) is 11.3 Å². The minimum absolute atomic E-state index is 0.129. The molecule has 1 aliphatic rings. The highest BCUT2D eigenvalue weighted by Gasteiger charge is 2.48. The largest absolute Gasteiger partial charge is 0.507 e. The average molecular weight is 521 g/mol. The first-order valence-corrected chi connectivity index (χ1v) is 11.9. The molecule has 3 aromatic carbocycles. The molecule has 10 heteroatoms. The molecule has 1 amide bonds. The zero-order chi connectivity index (χ0) is 26.3. The molecule has 4 aromatic rings. The van der Waals surface area contributed by atoms with Gasteiger partial charge < -0.3 is 19.3 Å². The highest BCUT2D eigenvalue weighted by molar-refractivity contribution is 7.22. The number of nitrogens with zero attached hydrogens (tertiary/aromatic N) is 2. The second kappa shape index (κ2) is 9.55. The molecule has 0 unspecified atom stereocenters. The lowest BCUT2D eigenvalue weighted by atomic mass is 9.95. The van der Waals surface area contributed by atoms with Gasteiger partial charge in [-0.05, 0) is 35.9 Å². The van der Waals surface area contributed by atoms with E-state index in [9.17, 15) is 19.1 Å². The number of fused-ring (bicyclic) bond motifs is 1. The Labute approximate surface area is 215 Å². The molecule has 188 valence electrons. The first-order valence-electron chi connectivity index (χ1n) is 11.1. The summed E-state index contributed by atoms with van der Waals surface area (Å²) in [4.78, 5) is 32.6. The number of carbonyl (C=O) groups excluding carboxylic acids is 2. The summed E-state index contributed by atoms with van der Waals surface area (Å²) in [6, 6.07) is 14.7. The molecule has 37 heavy (non-hydrogen) atoms. The number of ether oxygens (including phenoxy) is 3. The summed E-state index contributed by atoms with van der Waals surface area (Å²) in [7, 11) is 4.36. The molecule has 0 spiro atoms. The number of carbonyl (C=O) groups is 2. The van der Waals surface area contributed by atoms with Gasteiger partial charge in [-0.3, -0.25) is 14.5 Å². The second-order valence-electron chi connectivity index (χ2n) is 8.10. The Morgan fingerprint density at radius 3 is 2.27 bits per heavy atom. The van der Waals surface area contributed by atoms with Crippen LogP contribution in [0.25, 0.3) is 16.0 Å². The molecule has 2 heterocycles. The number of thiazole rings is 1. The van der Waals surface area contributed by atoms with Crippen molar-refractivity contribution < 1.29 is 33.3 Å². The van der Waals surface area contributed by atoms with E-state index in [0.29, 0.717) is 38.6 Å². The smallest absolute Gasteiger partial charge is 0.301 e. The van der Waals surface area contributed by atoms with Crippen LogP contribution in [0, 0.1) is 5.82 Å². The van der Waals surface area contributed by atoms with Gasteiger partial charge in [0.2, 0.25) is 5.75 Å². The number of hydrogen-bond donors (Lipinski definition) is 1. The molecule has 1 atom stereocenters. The van der Waals surface area contributed by atoms with E-state index in [2.05, 4.69) is 4.98 Å². The zero-order valence-corrected chi connectivity index (χ0v) is 20.8. The number of amides is 1. The van der Waals surface area contributed by atoms with Crippen LogP contribution in [-0.4, -0.2) is 43.1 Å². The number of aliphatic hydroxyl groups excluding tert-OH is 1. The Kier molecular flexibility index (Phi) is 6.26. The Bertz CT molecular complexity index is 1540. The van der Waals surface area contributed by atoms with Gasteiger partial charge in [0.1, 0.15) is 11.6 Å². The topological polar surface area (TPSA) is 98.2 Å². The van der Waals surface area contributed by atoms with Gasteiger partial charge in [0.15, 0.2) is 16.6 Å². The molecule has 0 saturated carbocycles. The number of ketones is 1. The molecule has 0 aliphatic carbocycles. The molecule has 0 radical (unpaired) electrons. The maximum atomic E-state index is 13.9. The molecule has 5 rings (SSSR count). The van der Waals surface area contributed by atoms with Crippen LogP contribution in [0.3, 0.4) is 0 Å². The van der Waals surface area contributed by atoms with Crippen molar-refractivity contribution in [3.05, 3.63) is 83.2 Å². The van der Waals surface area contributed by atoms with Crippen LogP contribution in [0.15, 0.2) is 66.2 Å². The van der Waals surface area contributed by atoms with Gasteiger partial charge >= 0.3 is 5.91 Å². The van der Waals surface area contributed by atoms with Gasteiger partial charge in [-0.25, -0.2) is 9.37 Å². The minimum atomic E-state index is -1.08. The van der Waals surface area contributed by atoms with Gasteiger partial charge in [0, 0.05) is 5.56 Å². The van der Waals surface area contributed by atoms with Crippen molar-refractivity contribution in [1.82, 2.24) is 4.98 Å². The number of Topliss-reactive ketones (excluding diaryl/α,β-unsaturated/α-hetero) is 1. The lowest BCUT2D eigenvalue weighted by Crippen LogP contribution is -2.29. The highest BCUT2D eigenvalue weighted by atomic mass is 32.1. The molecule has 1 aliphatic heterocycles. The van der Waals surface area contributed by atoms with Crippen molar-refractivity contribution in [2.24, 2.45) is 0 Å². The molecule has 1 saturated heterocycles. The Hall–Kier alpha value is -4.44. The first kappa shape index (κ1) is 24.3. The summed E-state index contributed by atoms with van der Waals surface area (Å²) in [6.07, 6.45) is 0. The van der Waals surface area contributed by atoms with Crippen LogP contribution in [-0.2, 0) is 9.59 Å². The molecule has 8 nitrogen and oxygen atoms in total. The Balaban J connectivity index is 1.79. The number of benzene rings is 3.